The Hall–Kier alpha value is -2.14. The van der Waals surface area contributed by atoms with Gasteiger partial charge in [-0.15, -0.1) is 0 Å². The van der Waals surface area contributed by atoms with E-state index in [-0.39, 0.29) is 5.56 Å². The Labute approximate surface area is 124 Å². The number of carbonyl (C=O) groups is 1. The number of nitrogens with one attached hydrogen (secondary N) is 1. The molecular formula is C16H21N3O2. The van der Waals surface area contributed by atoms with Gasteiger partial charge in [0.25, 0.3) is 0 Å². The second-order valence-corrected chi connectivity index (χ2v) is 5.51. The van der Waals surface area contributed by atoms with E-state index in [0.717, 1.165) is 18.8 Å². The monoisotopic (exact) mass is 287 g/mol. The van der Waals surface area contributed by atoms with E-state index in [1.807, 2.05) is 18.2 Å². The molecule has 0 spiro atoms. The van der Waals surface area contributed by atoms with Gasteiger partial charge in [0.15, 0.2) is 0 Å². The van der Waals surface area contributed by atoms with Gasteiger partial charge < -0.3 is 15.3 Å². The van der Waals surface area contributed by atoms with Crippen LogP contribution in [0, 0.1) is 0 Å². The fourth-order valence-corrected chi connectivity index (χ4v) is 2.20. The molecule has 2 rings (SSSR count). The molecule has 0 amide bonds. The normalized spacial score (nSPS) is 12.6. The Morgan fingerprint density at radius 1 is 1.33 bits per heavy atom. The highest BCUT2D eigenvalue weighted by molar-refractivity contribution is 6.02. The van der Waals surface area contributed by atoms with Crippen LogP contribution >= 0.6 is 0 Å². The molecule has 0 aliphatic carbocycles. The third-order valence-electron chi connectivity index (χ3n) is 3.37. The van der Waals surface area contributed by atoms with Crippen molar-refractivity contribution in [2.24, 2.45) is 0 Å². The highest BCUT2D eigenvalue weighted by Gasteiger charge is 2.10. The highest BCUT2D eigenvalue weighted by atomic mass is 16.4. The quantitative estimate of drug-likeness (QED) is 0.855. The van der Waals surface area contributed by atoms with Crippen LogP contribution in [0.25, 0.3) is 10.9 Å². The number of fused-ring (bicyclic) bond motifs is 1. The summed E-state index contributed by atoms with van der Waals surface area (Å²) in [6, 6.07) is 9.10. The second kappa shape index (κ2) is 6.54. The first kappa shape index (κ1) is 15.3. The zero-order chi connectivity index (χ0) is 15.4. The molecule has 1 atom stereocenters. The molecule has 5 heteroatoms. The maximum atomic E-state index is 11.2. The number of carboxylic acid groups (broad SMARTS) is 1. The summed E-state index contributed by atoms with van der Waals surface area (Å²) in [5.74, 6) is -0.154. The van der Waals surface area contributed by atoms with Gasteiger partial charge in [-0.25, -0.2) is 9.78 Å². The Balaban J connectivity index is 2.18. The summed E-state index contributed by atoms with van der Waals surface area (Å²) in [4.78, 5) is 17.8. The second-order valence-electron chi connectivity index (χ2n) is 5.51. The molecule has 2 N–H and O–H groups in total. The summed E-state index contributed by atoms with van der Waals surface area (Å²) in [5, 5.41) is 13.2. The van der Waals surface area contributed by atoms with Crippen molar-refractivity contribution in [2.45, 2.75) is 19.4 Å². The highest BCUT2D eigenvalue weighted by Crippen LogP contribution is 2.20. The summed E-state index contributed by atoms with van der Waals surface area (Å²) < 4.78 is 0. The molecule has 1 aromatic heterocycles. The minimum Gasteiger partial charge on any atom is -0.478 e. The minimum absolute atomic E-state index is 0.284. The standard InChI is InChI=1S/C16H21N3O2/c1-11(9-10-19(2)3)17-15-8-7-12-13(16(20)21)5-4-6-14(12)18-15/h4-8,11H,9-10H2,1-3H3,(H,17,18)(H,20,21). The van der Waals surface area contributed by atoms with Crippen molar-refractivity contribution in [3.05, 3.63) is 35.9 Å². The summed E-state index contributed by atoms with van der Waals surface area (Å²) >= 11 is 0. The van der Waals surface area contributed by atoms with Gasteiger partial charge in [0.05, 0.1) is 11.1 Å². The summed E-state index contributed by atoms with van der Waals surface area (Å²) in [7, 11) is 4.10. The molecule has 0 fully saturated rings. The molecule has 1 heterocycles. The van der Waals surface area contributed by atoms with Crippen LogP contribution in [0.2, 0.25) is 0 Å². The average Bonchev–Trinajstić information content (AvgIpc) is 2.44. The van der Waals surface area contributed by atoms with Crippen molar-refractivity contribution in [1.29, 1.82) is 0 Å². The SMILES string of the molecule is CC(CCN(C)C)Nc1ccc2c(C(=O)O)cccc2n1. The van der Waals surface area contributed by atoms with Gasteiger partial charge in [-0.1, -0.05) is 6.07 Å². The van der Waals surface area contributed by atoms with E-state index in [1.165, 1.54) is 0 Å². The average molecular weight is 287 g/mol. The van der Waals surface area contributed by atoms with Gasteiger partial charge in [-0.05, 0) is 58.3 Å². The molecule has 1 aromatic carbocycles. The lowest BCUT2D eigenvalue weighted by atomic mass is 10.1. The van der Waals surface area contributed by atoms with Crippen LogP contribution < -0.4 is 5.32 Å². The molecule has 112 valence electrons. The lowest BCUT2D eigenvalue weighted by molar-refractivity contribution is 0.0699. The first-order valence-corrected chi connectivity index (χ1v) is 7.01. The number of benzene rings is 1. The molecule has 1 unspecified atom stereocenters. The number of pyridine rings is 1. The molecular weight excluding hydrogens is 266 g/mol. The number of hydrogen-bond acceptors (Lipinski definition) is 4. The van der Waals surface area contributed by atoms with Gasteiger partial charge >= 0.3 is 5.97 Å². The lowest BCUT2D eigenvalue weighted by Crippen LogP contribution is -2.23. The van der Waals surface area contributed by atoms with Crippen molar-refractivity contribution in [1.82, 2.24) is 9.88 Å². The predicted octanol–water partition coefficient (Wildman–Crippen LogP) is 2.69. The number of nitrogens with zero attached hydrogens (tertiary/aromatic N) is 2. The molecule has 0 saturated heterocycles. The molecule has 0 aliphatic heterocycles. The first-order valence-electron chi connectivity index (χ1n) is 7.01. The van der Waals surface area contributed by atoms with Gasteiger partial charge in [0, 0.05) is 11.4 Å². The smallest absolute Gasteiger partial charge is 0.336 e. The van der Waals surface area contributed by atoms with Gasteiger partial charge in [-0.3, -0.25) is 0 Å². The molecule has 0 radical (unpaired) electrons. The van der Waals surface area contributed by atoms with Crippen molar-refractivity contribution in [3.8, 4) is 0 Å². The number of anilines is 1. The Bertz CT molecular complexity index is 640. The molecule has 0 bridgehead atoms. The molecule has 0 saturated carbocycles. The third kappa shape index (κ3) is 3.92. The summed E-state index contributed by atoms with van der Waals surface area (Å²) in [5.41, 5.74) is 0.979. The van der Waals surface area contributed by atoms with Crippen molar-refractivity contribution >= 4 is 22.7 Å². The number of rotatable bonds is 6. The molecule has 2 aromatic rings. The Morgan fingerprint density at radius 3 is 2.76 bits per heavy atom. The number of aromatic carboxylic acids is 1. The molecule has 5 nitrogen and oxygen atoms in total. The first-order chi connectivity index (χ1) is 9.97. The molecule has 0 aliphatic rings. The molecule has 21 heavy (non-hydrogen) atoms. The number of aromatic nitrogens is 1. The van der Waals surface area contributed by atoms with Crippen LogP contribution in [-0.2, 0) is 0 Å². The van der Waals surface area contributed by atoms with Crippen LogP contribution in [-0.4, -0.2) is 47.6 Å². The Kier molecular flexibility index (Phi) is 4.75. The van der Waals surface area contributed by atoms with Crippen LogP contribution in [0.3, 0.4) is 0 Å². The fourth-order valence-electron chi connectivity index (χ4n) is 2.20. The van der Waals surface area contributed by atoms with Crippen LogP contribution in [0.4, 0.5) is 5.82 Å². The largest absolute Gasteiger partial charge is 0.478 e. The lowest BCUT2D eigenvalue weighted by Gasteiger charge is -2.17. The fraction of sp³-hybridized carbons (Fsp3) is 0.375. The predicted molar refractivity (Wildman–Crippen MR) is 85.0 cm³/mol. The van der Waals surface area contributed by atoms with E-state index >= 15 is 0 Å². The summed E-state index contributed by atoms with van der Waals surface area (Å²) in [6.45, 7) is 3.12. The van der Waals surface area contributed by atoms with Gasteiger partial charge in [-0.2, -0.15) is 0 Å². The van der Waals surface area contributed by atoms with Crippen molar-refractivity contribution < 1.29 is 9.90 Å². The van der Waals surface area contributed by atoms with Gasteiger partial charge in [0.1, 0.15) is 5.82 Å². The van der Waals surface area contributed by atoms with Crippen molar-refractivity contribution in [2.75, 3.05) is 26.0 Å². The Morgan fingerprint density at radius 2 is 2.10 bits per heavy atom. The minimum atomic E-state index is -0.928. The third-order valence-corrected chi connectivity index (χ3v) is 3.37. The van der Waals surface area contributed by atoms with E-state index < -0.39 is 5.97 Å². The summed E-state index contributed by atoms with van der Waals surface area (Å²) in [6.07, 6.45) is 1.02. The van der Waals surface area contributed by atoms with Crippen LogP contribution in [0.15, 0.2) is 30.3 Å². The zero-order valence-corrected chi connectivity index (χ0v) is 12.6. The van der Waals surface area contributed by atoms with Gasteiger partial charge in [0.2, 0.25) is 0 Å². The number of hydrogen-bond donors (Lipinski definition) is 2. The number of carboxylic acids is 1. The van der Waals surface area contributed by atoms with Crippen molar-refractivity contribution in [3.63, 3.8) is 0 Å². The van der Waals surface area contributed by atoms with E-state index in [2.05, 4.69) is 36.2 Å². The van der Waals surface area contributed by atoms with Crippen LogP contribution in [0.1, 0.15) is 23.7 Å². The van der Waals surface area contributed by atoms with E-state index in [4.69, 9.17) is 0 Å². The van der Waals surface area contributed by atoms with E-state index in [9.17, 15) is 9.90 Å². The van der Waals surface area contributed by atoms with Crippen LogP contribution in [0.5, 0.6) is 0 Å². The van der Waals surface area contributed by atoms with E-state index in [0.29, 0.717) is 16.9 Å². The van der Waals surface area contributed by atoms with E-state index in [1.54, 1.807) is 12.1 Å². The topological polar surface area (TPSA) is 65.5 Å². The zero-order valence-electron chi connectivity index (χ0n) is 12.6. The maximum absolute atomic E-state index is 11.2. The maximum Gasteiger partial charge on any atom is 0.336 e.